The first-order valence-corrected chi connectivity index (χ1v) is 8.11. The van der Waals surface area contributed by atoms with E-state index in [2.05, 4.69) is 15.8 Å². The van der Waals surface area contributed by atoms with E-state index >= 15 is 0 Å². The van der Waals surface area contributed by atoms with E-state index in [0.29, 0.717) is 23.5 Å². The van der Waals surface area contributed by atoms with Gasteiger partial charge < -0.3 is 14.8 Å². The molecule has 0 heterocycles. The highest BCUT2D eigenvalue weighted by atomic mass is 19.1. The second kappa shape index (κ2) is 9.91. The Morgan fingerprint density at radius 2 is 1.74 bits per heavy atom. The van der Waals surface area contributed by atoms with Crippen molar-refractivity contribution in [3.05, 3.63) is 59.4 Å². The number of hydrazone groups is 1. The zero-order valence-corrected chi connectivity index (χ0v) is 15.0. The fraction of sp³-hybridized carbons (Fsp3) is 0.211. The number of halogens is 1. The lowest BCUT2D eigenvalue weighted by molar-refractivity contribution is -0.139. The number of benzene rings is 2. The number of nitrogens with zero attached hydrogens (tertiary/aromatic N) is 1. The molecule has 0 unspecified atom stereocenters. The van der Waals surface area contributed by atoms with Crippen molar-refractivity contribution in [3.63, 3.8) is 0 Å². The molecule has 2 aromatic carbocycles. The Morgan fingerprint density at radius 1 is 1.04 bits per heavy atom. The van der Waals surface area contributed by atoms with Crippen LogP contribution in [0.5, 0.6) is 11.5 Å². The van der Waals surface area contributed by atoms with E-state index in [9.17, 15) is 14.0 Å². The molecule has 2 rings (SSSR count). The minimum Gasteiger partial charge on any atom is -0.493 e. The number of ether oxygens (including phenoxy) is 2. The van der Waals surface area contributed by atoms with Gasteiger partial charge in [-0.1, -0.05) is 18.2 Å². The molecule has 0 aliphatic carbocycles. The summed E-state index contributed by atoms with van der Waals surface area (Å²) in [5.74, 6) is -0.852. The van der Waals surface area contributed by atoms with Crippen LogP contribution >= 0.6 is 0 Å². The third-order valence-electron chi connectivity index (χ3n) is 3.60. The van der Waals surface area contributed by atoms with Crippen LogP contribution in [-0.4, -0.2) is 38.8 Å². The van der Waals surface area contributed by atoms with Crippen LogP contribution in [0.1, 0.15) is 11.1 Å². The van der Waals surface area contributed by atoms with E-state index in [0.717, 1.165) is 5.56 Å². The van der Waals surface area contributed by atoms with Gasteiger partial charge in [0.25, 0.3) is 0 Å². The van der Waals surface area contributed by atoms with Crippen molar-refractivity contribution in [2.24, 2.45) is 5.10 Å². The number of amides is 2. The van der Waals surface area contributed by atoms with Crippen molar-refractivity contribution in [2.45, 2.75) is 6.42 Å². The summed E-state index contributed by atoms with van der Waals surface area (Å²) in [7, 11) is 3.09. The molecule has 0 radical (unpaired) electrons. The zero-order chi connectivity index (χ0) is 19.6. The number of rotatable bonds is 7. The summed E-state index contributed by atoms with van der Waals surface area (Å²) in [6.07, 6.45) is 1.83. The van der Waals surface area contributed by atoms with Crippen LogP contribution in [0.4, 0.5) is 4.39 Å². The molecule has 0 aromatic heterocycles. The summed E-state index contributed by atoms with van der Waals surface area (Å²) < 4.78 is 23.2. The van der Waals surface area contributed by atoms with Crippen molar-refractivity contribution >= 4 is 18.0 Å². The fourth-order valence-corrected chi connectivity index (χ4v) is 2.20. The summed E-state index contributed by atoms with van der Waals surface area (Å²) in [4.78, 5) is 23.4. The highest BCUT2D eigenvalue weighted by molar-refractivity contribution is 6.35. The molecule has 2 amide bonds. The lowest BCUT2D eigenvalue weighted by Gasteiger charge is -2.09. The van der Waals surface area contributed by atoms with Gasteiger partial charge in [0.1, 0.15) is 5.82 Å². The molecular formula is C19H20FN3O4. The van der Waals surface area contributed by atoms with Crippen molar-refractivity contribution in [1.29, 1.82) is 0 Å². The summed E-state index contributed by atoms with van der Waals surface area (Å²) in [6.45, 7) is 0.267. The summed E-state index contributed by atoms with van der Waals surface area (Å²) >= 11 is 0. The van der Waals surface area contributed by atoms with Gasteiger partial charge in [-0.15, -0.1) is 0 Å². The standard InChI is InChI=1S/C19H20FN3O4/c1-26-16-8-5-13(11-17(16)27-2)9-10-21-18(24)19(25)23-22-12-14-3-6-15(20)7-4-14/h3-8,11-12H,9-10H2,1-2H3,(H,21,24)(H,23,25)/b22-12+. The number of hydrogen-bond donors (Lipinski definition) is 2. The van der Waals surface area contributed by atoms with E-state index in [1.54, 1.807) is 26.4 Å². The van der Waals surface area contributed by atoms with Crippen LogP contribution < -0.4 is 20.2 Å². The number of carbonyl (C=O) groups is 2. The smallest absolute Gasteiger partial charge is 0.329 e. The molecule has 0 aliphatic heterocycles. The molecule has 8 heteroatoms. The third-order valence-corrected chi connectivity index (χ3v) is 3.60. The molecule has 7 nitrogen and oxygen atoms in total. The predicted octanol–water partition coefficient (Wildman–Crippen LogP) is 1.65. The number of methoxy groups -OCH3 is 2. The largest absolute Gasteiger partial charge is 0.493 e. The molecule has 2 aromatic rings. The molecule has 0 bridgehead atoms. The molecule has 0 atom stereocenters. The summed E-state index contributed by atoms with van der Waals surface area (Å²) in [5.41, 5.74) is 3.62. The Bertz CT molecular complexity index is 822. The number of carbonyl (C=O) groups excluding carboxylic acids is 2. The number of hydrogen-bond acceptors (Lipinski definition) is 5. The van der Waals surface area contributed by atoms with Crippen molar-refractivity contribution in [2.75, 3.05) is 20.8 Å². The van der Waals surface area contributed by atoms with Crippen LogP contribution in [0, 0.1) is 5.82 Å². The molecule has 0 saturated heterocycles. The first kappa shape index (κ1) is 19.9. The molecule has 2 N–H and O–H groups in total. The topological polar surface area (TPSA) is 89.0 Å². The maximum atomic E-state index is 12.8. The molecule has 27 heavy (non-hydrogen) atoms. The van der Waals surface area contributed by atoms with Crippen LogP contribution in [-0.2, 0) is 16.0 Å². The average Bonchev–Trinajstić information content (AvgIpc) is 2.69. The maximum Gasteiger partial charge on any atom is 0.329 e. The normalized spacial score (nSPS) is 10.5. The predicted molar refractivity (Wildman–Crippen MR) is 98.4 cm³/mol. The van der Waals surface area contributed by atoms with Gasteiger partial charge in [0.15, 0.2) is 11.5 Å². The van der Waals surface area contributed by atoms with E-state index in [-0.39, 0.29) is 12.4 Å². The highest BCUT2D eigenvalue weighted by Crippen LogP contribution is 2.27. The quantitative estimate of drug-likeness (QED) is 0.439. The van der Waals surface area contributed by atoms with Gasteiger partial charge in [-0.25, -0.2) is 9.82 Å². The van der Waals surface area contributed by atoms with Gasteiger partial charge >= 0.3 is 11.8 Å². The van der Waals surface area contributed by atoms with Crippen LogP contribution in [0.2, 0.25) is 0 Å². The fourth-order valence-electron chi connectivity index (χ4n) is 2.20. The first-order valence-electron chi connectivity index (χ1n) is 8.11. The summed E-state index contributed by atoms with van der Waals surface area (Å²) in [5, 5.41) is 6.17. The maximum absolute atomic E-state index is 12.8. The van der Waals surface area contributed by atoms with E-state index < -0.39 is 11.8 Å². The molecule has 0 saturated carbocycles. The summed E-state index contributed by atoms with van der Waals surface area (Å²) in [6, 6.07) is 10.9. The molecule has 0 aliphatic rings. The van der Waals surface area contributed by atoms with Crippen molar-refractivity contribution in [3.8, 4) is 11.5 Å². The van der Waals surface area contributed by atoms with Crippen molar-refractivity contribution < 1.29 is 23.5 Å². The minimum absolute atomic E-state index is 0.267. The Balaban J connectivity index is 1.78. The Hall–Kier alpha value is -3.42. The SMILES string of the molecule is COc1ccc(CCNC(=O)C(=O)N/N=C/c2ccc(F)cc2)cc1OC. The second-order valence-corrected chi connectivity index (χ2v) is 5.45. The molecular weight excluding hydrogens is 353 g/mol. The van der Waals surface area contributed by atoms with Gasteiger partial charge in [-0.05, 0) is 41.8 Å². The lowest BCUT2D eigenvalue weighted by Crippen LogP contribution is -2.38. The Labute approximate surface area is 156 Å². The van der Waals surface area contributed by atoms with Crippen LogP contribution in [0.25, 0.3) is 0 Å². The van der Waals surface area contributed by atoms with Gasteiger partial charge in [0.2, 0.25) is 0 Å². The Kier molecular flexibility index (Phi) is 7.30. The van der Waals surface area contributed by atoms with E-state index in [1.807, 2.05) is 6.07 Å². The van der Waals surface area contributed by atoms with Crippen LogP contribution in [0.3, 0.4) is 0 Å². The number of nitrogens with one attached hydrogen (secondary N) is 2. The van der Waals surface area contributed by atoms with Gasteiger partial charge in [0.05, 0.1) is 20.4 Å². The molecule has 0 spiro atoms. The third kappa shape index (κ3) is 6.10. The van der Waals surface area contributed by atoms with E-state index in [4.69, 9.17) is 9.47 Å². The molecule has 142 valence electrons. The van der Waals surface area contributed by atoms with Crippen molar-refractivity contribution in [1.82, 2.24) is 10.7 Å². The van der Waals surface area contributed by atoms with Gasteiger partial charge in [-0.3, -0.25) is 9.59 Å². The van der Waals surface area contributed by atoms with Gasteiger partial charge in [-0.2, -0.15) is 5.10 Å². The highest BCUT2D eigenvalue weighted by Gasteiger charge is 2.12. The van der Waals surface area contributed by atoms with E-state index in [1.165, 1.54) is 30.5 Å². The monoisotopic (exact) mass is 373 g/mol. The first-order chi connectivity index (χ1) is 13.0. The Morgan fingerprint density at radius 3 is 2.41 bits per heavy atom. The second-order valence-electron chi connectivity index (χ2n) is 5.45. The van der Waals surface area contributed by atoms with Crippen LogP contribution in [0.15, 0.2) is 47.6 Å². The zero-order valence-electron chi connectivity index (χ0n) is 15.0. The minimum atomic E-state index is -0.888. The lowest BCUT2D eigenvalue weighted by atomic mass is 10.1. The van der Waals surface area contributed by atoms with Gasteiger partial charge in [0, 0.05) is 6.54 Å². The average molecular weight is 373 g/mol. The molecule has 0 fully saturated rings.